The van der Waals surface area contributed by atoms with Gasteiger partial charge >= 0.3 is 0 Å². The highest BCUT2D eigenvalue weighted by atomic mass is 16.5. The Morgan fingerprint density at radius 2 is 1.76 bits per heavy atom. The minimum absolute atomic E-state index is 0.174. The SMILES string of the molecule is COc1ccc(-c2noc(CN(C)C(=O)[C@@H](C)Oc3cccc(OC)c3)n2)cc1. The van der Waals surface area contributed by atoms with Crippen LogP contribution in [-0.4, -0.2) is 48.3 Å². The largest absolute Gasteiger partial charge is 0.497 e. The Hall–Kier alpha value is -3.55. The zero-order valence-electron chi connectivity index (χ0n) is 16.8. The Balaban J connectivity index is 1.60. The normalized spacial score (nSPS) is 11.6. The molecule has 0 N–H and O–H groups in total. The van der Waals surface area contributed by atoms with E-state index in [2.05, 4.69) is 10.1 Å². The Morgan fingerprint density at radius 1 is 1.07 bits per heavy atom. The molecule has 0 aliphatic heterocycles. The summed E-state index contributed by atoms with van der Waals surface area (Å²) >= 11 is 0. The van der Waals surface area contributed by atoms with Gasteiger partial charge < -0.3 is 23.6 Å². The number of benzene rings is 2. The first kappa shape index (κ1) is 20.2. The van der Waals surface area contributed by atoms with E-state index >= 15 is 0 Å². The number of aromatic nitrogens is 2. The fourth-order valence-electron chi connectivity index (χ4n) is 2.70. The summed E-state index contributed by atoms with van der Waals surface area (Å²) in [5.41, 5.74) is 0.796. The number of carbonyl (C=O) groups is 1. The minimum Gasteiger partial charge on any atom is -0.497 e. The van der Waals surface area contributed by atoms with E-state index in [1.165, 1.54) is 4.90 Å². The molecule has 0 aliphatic rings. The first-order valence-electron chi connectivity index (χ1n) is 9.03. The van der Waals surface area contributed by atoms with Gasteiger partial charge in [-0.25, -0.2) is 0 Å². The minimum atomic E-state index is -0.684. The number of hydrogen-bond acceptors (Lipinski definition) is 7. The predicted octanol–water partition coefficient (Wildman–Crippen LogP) is 3.18. The lowest BCUT2D eigenvalue weighted by Gasteiger charge is -2.20. The molecule has 0 unspecified atom stereocenters. The number of nitrogens with zero attached hydrogens (tertiary/aromatic N) is 3. The van der Waals surface area contributed by atoms with Crippen LogP contribution in [0.3, 0.4) is 0 Å². The van der Waals surface area contributed by atoms with Crippen LogP contribution in [0.5, 0.6) is 17.2 Å². The topological polar surface area (TPSA) is 86.9 Å². The maximum atomic E-state index is 12.6. The van der Waals surface area contributed by atoms with Gasteiger partial charge in [-0.15, -0.1) is 0 Å². The highest BCUT2D eigenvalue weighted by Crippen LogP contribution is 2.21. The number of methoxy groups -OCH3 is 2. The maximum Gasteiger partial charge on any atom is 0.263 e. The van der Waals surface area contributed by atoms with Crippen LogP contribution in [0, 0.1) is 0 Å². The van der Waals surface area contributed by atoms with Gasteiger partial charge in [0.15, 0.2) is 6.10 Å². The van der Waals surface area contributed by atoms with Crippen LogP contribution in [0.1, 0.15) is 12.8 Å². The van der Waals surface area contributed by atoms with Crippen LogP contribution in [0.15, 0.2) is 53.1 Å². The number of likely N-dealkylation sites (N-methyl/N-ethyl adjacent to an activating group) is 1. The van der Waals surface area contributed by atoms with Crippen LogP contribution in [0.2, 0.25) is 0 Å². The summed E-state index contributed by atoms with van der Waals surface area (Å²) in [7, 11) is 4.84. The Labute approximate surface area is 169 Å². The fraction of sp³-hybridized carbons (Fsp3) is 0.286. The smallest absolute Gasteiger partial charge is 0.263 e. The summed E-state index contributed by atoms with van der Waals surface area (Å²) in [5, 5.41) is 3.98. The third-order valence-corrected chi connectivity index (χ3v) is 4.27. The molecule has 0 aliphatic carbocycles. The van der Waals surface area contributed by atoms with Crippen molar-refractivity contribution in [2.45, 2.75) is 19.6 Å². The van der Waals surface area contributed by atoms with E-state index in [4.69, 9.17) is 18.7 Å². The number of carbonyl (C=O) groups excluding carboxylic acids is 1. The molecule has 1 amide bonds. The van der Waals surface area contributed by atoms with E-state index in [1.54, 1.807) is 52.5 Å². The molecule has 29 heavy (non-hydrogen) atoms. The Kier molecular flexibility index (Phi) is 6.33. The lowest BCUT2D eigenvalue weighted by atomic mass is 10.2. The third kappa shape index (κ3) is 5.04. The molecule has 3 rings (SSSR count). The molecule has 8 heteroatoms. The van der Waals surface area contributed by atoms with Crippen molar-refractivity contribution in [3.8, 4) is 28.6 Å². The molecule has 0 saturated carbocycles. The van der Waals surface area contributed by atoms with Gasteiger partial charge in [0.1, 0.15) is 17.2 Å². The van der Waals surface area contributed by atoms with E-state index < -0.39 is 6.10 Å². The number of rotatable bonds is 8. The van der Waals surface area contributed by atoms with Crippen LogP contribution >= 0.6 is 0 Å². The monoisotopic (exact) mass is 397 g/mol. The van der Waals surface area contributed by atoms with Gasteiger partial charge in [0.2, 0.25) is 11.7 Å². The fourth-order valence-corrected chi connectivity index (χ4v) is 2.70. The van der Waals surface area contributed by atoms with E-state index in [1.807, 2.05) is 24.3 Å². The van der Waals surface area contributed by atoms with Crippen LogP contribution in [-0.2, 0) is 11.3 Å². The van der Waals surface area contributed by atoms with E-state index in [0.29, 0.717) is 23.2 Å². The standard InChI is InChI=1S/C21H23N3O5/c1-14(28-18-7-5-6-17(12-18)27-4)21(25)24(2)13-19-22-20(23-29-19)15-8-10-16(26-3)11-9-15/h5-12,14H,13H2,1-4H3/t14-/m1/s1. The molecule has 1 heterocycles. The molecular weight excluding hydrogens is 374 g/mol. The van der Waals surface area contributed by atoms with Gasteiger partial charge in [0.25, 0.3) is 5.91 Å². The van der Waals surface area contributed by atoms with Gasteiger partial charge in [-0.2, -0.15) is 4.98 Å². The van der Waals surface area contributed by atoms with Crippen molar-refractivity contribution in [3.63, 3.8) is 0 Å². The Bertz CT molecular complexity index is 955. The van der Waals surface area contributed by atoms with Crippen LogP contribution < -0.4 is 14.2 Å². The molecule has 1 aromatic heterocycles. The lowest BCUT2D eigenvalue weighted by molar-refractivity contribution is -0.137. The molecule has 3 aromatic rings. The summed E-state index contributed by atoms with van der Waals surface area (Å²) in [6.45, 7) is 1.86. The second-order valence-electron chi connectivity index (χ2n) is 6.37. The quantitative estimate of drug-likeness (QED) is 0.577. The average Bonchev–Trinajstić information content (AvgIpc) is 3.21. The molecule has 0 saturated heterocycles. The Morgan fingerprint density at radius 3 is 2.45 bits per heavy atom. The van der Waals surface area contributed by atoms with Gasteiger partial charge in [-0.1, -0.05) is 11.2 Å². The van der Waals surface area contributed by atoms with E-state index in [9.17, 15) is 4.79 Å². The second kappa shape index (κ2) is 9.09. The number of hydrogen-bond donors (Lipinski definition) is 0. The summed E-state index contributed by atoms with van der Waals surface area (Å²) < 4.78 is 21.3. The van der Waals surface area contributed by atoms with Gasteiger partial charge in [0, 0.05) is 18.7 Å². The van der Waals surface area contributed by atoms with Crippen molar-refractivity contribution < 1.29 is 23.5 Å². The first-order chi connectivity index (χ1) is 14.0. The predicted molar refractivity (Wildman–Crippen MR) is 106 cm³/mol. The molecule has 0 spiro atoms. The molecule has 0 fully saturated rings. The molecular formula is C21H23N3O5. The van der Waals surface area contributed by atoms with Crippen molar-refractivity contribution in [2.24, 2.45) is 0 Å². The van der Waals surface area contributed by atoms with Crippen molar-refractivity contribution in [3.05, 3.63) is 54.4 Å². The summed E-state index contributed by atoms with van der Waals surface area (Å²) in [4.78, 5) is 18.5. The van der Waals surface area contributed by atoms with Crippen LogP contribution in [0.4, 0.5) is 0 Å². The van der Waals surface area contributed by atoms with Gasteiger partial charge in [0.05, 0.1) is 20.8 Å². The van der Waals surface area contributed by atoms with E-state index in [0.717, 1.165) is 11.3 Å². The lowest BCUT2D eigenvalue weighted by Crippen LogP contribution is -2.37. The molecule has 1 atom stereocenters. The molecule has 0 bridgehead atoms. The number of amides is 1. The highest BCUT2D eigenvalue weighted by Gasteiger charge is 2.21. The van der Waals surface area contributed by atoms with Gasteiger partial charge in [-0.05, 0) is 43.3 Å². The summed E-state index contributed by atoms with van der Waals surface area (Å²) in [5.74, 6) is 2.53. The molecule has 2 aromatic carbocycles. The average molecular weight is 397 g/mol. The zero-order chi connectivity index (χ0) is 20.8. The molecule has 152 valence electrons. The second-order valence-corrected chi connectivity index (χ2v) is 6.37. The maximum absolute atomic E-state index is 12.6. The van der Waals surface area contributed by atoms with Crippen molar-refractivity contribution in [1.82, 2.24) is 15.0 Å². The van der Waals surface area contributed by atoms with Crippen LogP contribution in [0.25, 0.3) is 11.4 Å². The van der Waals surface area contributed by atoms with Crippen molar-refractivity contribution >= 4 is 5.91 Å². The molecule has 8 nitrogen and oxygen atoms in total. The highest BCUT2D eigenvalue weighted by molar-refractivity contribution is 5.80. The van der Waals surface area contributed by atoms with Gasteiger partial charge in [-0.3, -0.25) is 4.79 Å². The number of ether oxygens (including phenoxy) is 3. The molecule has 0 radical (unpaired) electrons. The van der Waals surface area contributed by atoms with Crippen molar-refractivity contribution in [1.29, 1.82) is 0 Å². The first-order valence-corrected chi connectivity index (χ1v) is 9.03. The summed E-state index contributed by atoms with van der Waals surface area (Å²) in [6, 6.07) is 14.4. The summed E-state index contributed by atoms with van der Waals surface area (Å²) in [6.07, 6.45) is -0.684. The van der Waals surface area contributed by atoms with E-state index in [-0.39, 0.29) is 12.5 Å². The van der Waals surface area contributed by atoms with Crippen molar-refractivity contribution in [2.75, 3.05) is 21.3 Å². The zero-order valence-corrected chi connectivity index (χ0v) is 16.8. The third-order valence-electron chi connectivity index (χ3n) is 4.27.